The molecule has 0 fully saturated rings. The third kappa shape index (κ3) is 2.48. The molecule has 1 unspecified atom stereocenters. The lowest BCUT2D eigenvalue weighted by molar-refractivity contribution is -0.945. The number of rotatable bonds is 2. The molecule has 0 saturated carbocycles. The molecule has 3 aromatic rings. The molecular weight excluding hydrogens is 324 g/mol. The van der Waals surface area contributed by atoms with Crippen molar-refractivity contribution in [3.05, 3.63) is 56.9 Å². The quantitative estimate of drug-likeness (QED) is 0.709. The third-order valence-corrected chi connectivity index (χ3v) is 7.37. The summed E-state index contributed by atoms with van der Waals surface area (Å²) in [4.78, 5) is 3.38. The van der Waals surface area contributed by atoms with E-state index in [0.717, 1.165) is 0 Å². The summed E-state index contributed by atoms with van der Waals surface area (Å²) in [6.07, 6.45) is 5.25. The molecule has 2 aromatic heterocycles. The highest BCUT2D eigenvalue weighted by Crippen LogP contribution is 2.37. The van der Waals surface area contributed by atoms with Gasteiger partial charge in [0.25, 0.3) is 0 Å². The van der Waals surface area contributed by atoms with Crippen molar-refractivity contribution in [2.24, 2.45) is 0 Å². The maximum absolute atomic E-state index is 2.68. The molecule has 0 saturated heterocycles. The zero-order chi connectivity index (χ0) is 17.0. The van der Waals surface area contributed by atoms with Crippen LogP contribution in [0.1, 0.15) is 52.6 Å². The second-order valence-corrected chi connectivity index (χ2v) is 8.95. The largest absolute Gasteiger partial charge is 0.339 e. The zero-order valence-corrected chi connectivity index (χ0v) is 16.1. The van der Waals surface area contributed by atoms with E-state index < -0.39 is 0 Å². The van der Waals surface area contributed by atoms with Gasteiger partial charge < -0.3 is 9.47 Å². The van der Waals surface area contributed by atoms with E-state index in [4.69, 9.17) is 0 Å². The van der Waals surface area contributed by atoms with E-state index in [1.54, 1.807) is 21.0 Å². The molecule has 25 heavy (non-hydrogen) atoms. The van der Waals surface area contributed by atoms with Gasteiger partial charge in [-0.15, -0.1) is 11.3 Å². The Morgan fingerprint density at radius 3 is 2.96 bits per heavy atom. The lowest BCUT2D eigenvalue weighted by Crippen LogP contribution is -3.11. The number of hydrogen-bond acceptors (Lipinski definition) is 1. The van der Waals surface area contributed by atoms with Crippen molar-refractivity contribution < 1.29 is 4.90 Å². The van der Waals surface area contributed by atoms with Gasteiger partial charge in [0.2, 0.25) is 0 Å². The molecule has 3 heterocycles. The Morgan fingerprint density at radius 1 is 1.20 bits per heavy atom. The van der Waals surface area contributed by atoms with E-state index in [-0.39, 0.29) is 0 Å². The molecule has 5 rings (SSSR count). The molecule has 1 N–H and O–H groups in total. The fourth-order valence-corrected chi connectivity index (χ4v) is 6.08. The van der Waals surface area contributed by atoms with E-state index in [0.29, 0.717) is 6.04 Å². The number of thiophene rings is 1. The predicted octanol–water partition coefficient (Wildman–Crippen LogP) is 4.19. The molecule has 0 amide bonds. The fraction of sp³-hybridized carbons (Fsp3) is 0.455. The summed E-state index contributed by atoms with van der Waals surface area (Å²) in [6.45, 7) is 8.20. The van der Waals surface area contributed by atoms with Gasteiger partial charge in [-0.2, -0.15) is 0 Å². The zero-order valence-electron chi connectivity index (χ0n) is 15.3. The van der Waals surface area contributed by atoms with Crippen LogP contribution in [0.4, 0.5) is 0 Å². The predicted molar refractivity (Wildman–Crippen MR) is 106 cm³/mol. The molecule has 1 aliphatic heterocycles. The van der Waals surface area contributed by atoms with Gasteiger partial charge in [-0.1, -0.05) is 11.6 Å². The second kappa shape index (κ2) is 6.00. The summed E-state index contributed by atoms with van der Waals surface area (Å²) in [6, 6.07) is 10.0. The smallest absolute Gasteiger partial charge is 0.129 e. The van der Waals surface area contributed by atoms with Crippen LogP contribution in [0, 0.1) is 13.8 Å². The van der Waals surface area contributed by atoms with Crippen molar-refractivity contribution >= 4 is 22.2 Å². The lowest BCUT2D eigenvalue weighted by atomic mass is 9.90. The van der Waals surface area contributed by atoms with E-state index in [2.05, 4.69) is 48.1 Å². The van der Waals surface area contributed by atoms with Crippen LogP contribution in [0.25, 0.3) is 10.9 Å². The Hall–Kier alpha value is -1.58. The van der Waals surface area contributed by atoms with E-state index in [9.17, 15) is 0 Å². The highest BCUT2D eigenvalue weighted by molar-refractivity contribution is 7.10. The molecule has 0 bridgehead atoms. The molecule has 2 nitrogen and oxygen atoms in total. The molecule has 0 radical (unpaired) electrons. The summed E-state index contributed by atoms with van der Waals surface area (Å²) in [5, 5.41) is 3.79. The van der Waals surface area contributed by atoms with Crippen LogP contribution in [0.3, 0.4) is 0 Å². The van der Waals surface area contributed by atoms with Gasteiger partial charge in [0.15, 0.2) is 0 Å². The van der Waals surface area contributed by atoms with Gasteiger partial charge in [-0.25, -0.2) is 0 Å². The van der Waals surface area contributed by atoms with Crippen LogP contribution >= 0.6 is 11.3 Å². The Kier molecular flexibility index (Phi) is 3.76. The van der Waals surface area contributed by atoms with Crippen LogP contribution in [0.5, 0.6) is 0 Å². The first-order chi connectivity index (χ1) is 12.2. The molecule has 130 valence electrons. The minimum Gasteiger partial charge on any atom is -0.339 e. The SMILES string of the molecule is Cc1ccc2c(c1)c1c3n2CCC[NH+](Cc2sccc2C)[C@H]3CCC1. The van der Waals surface area contributed by atoms with Crippen LogP contribution in [0.15, 0.2) is 29.6 Å². The first-order valence-electron chi connectivity index (χ1n) is 9.71. The lowest BCUT2D eigenvalue weighted by Gasteiger charge is -2.30. The first-order valence-corrected chi connectivity index (χ1v) is 10.6. The van der Waals surface area contributed by atoms with Crippen molar-refractivity contribution in [1.82, 2.24) is 4.57 Å². The summed E-state index contributed by atoms with van der Waals surface area (Å²) in [5.74, 6) is 0. The maximum atomic E-state index is 2.68. The monoisotopic (exact) mass is 351 g/mol. The number of nitrogens with zero attached hydrogens (tertiary/aromatic N) is 1. The standard InChI is InChI=1S/C22H26N2S/c1-15-7-8-19-18(13-15)17-5-3-6-20-22(17)24(19)11-4-10-23(20)14-21-16(2)9-12-25-21/h7-9,12-13,20H,3-6,10-11,14H2,1-2H3/p+1/t20-/m0/s1. The van der Waals surface area contributed by atoms with Crippen molar-refractivity contribution in [3.63, 3.8) is 0 Å². The average Bonchev–Trinajstić information content (AvgIpc) is 3.08. The summed E-state index contributed by atoms with van der Waals surface area (Å²) in [7, 11) is 0. The van der Waals surface area contributed by atoms with Crippen LogP contribution < -0.4 is 4.90 Å². The number of aryl methyl sites for hydroxylation is 4. The molecule has 2 aliphatic rings. The number of fused-ring (bicyclic) bond motifs is 3. The summed E-state index contributed by atoms with van der Waals surface area (Å²) in [5.41, 5.74) is 7.70. The molecule has 2 atom stereocenters. The van der Waals surface area contributed by atoms with Gasteiger partial charge in [0.1, 0.15) is 12.6 Å². The molecule has 1 aromatic carbocycles. The van der Waals surface area contributed by atoms with Crippen molar-refractivity contribution in [2.75, 3.05) is 6.54 Å². The minimum absolute atomic E-state index is 0.681. The van der Waals surface area contributed by atoms with Crippen molar-refractivity contribution in [1.29, 1.82) is 0 Å². The number of benzene rings is 1. The fourth-order valence-electron chi connectivity index (χ4n) is 5.12. The molecular formula is C22H27N2S+. The van der Waals surface area contributed by atoms with E-state index >= 15 is 0 Å². The topological polar surface area (TPSA) is 9.37 Å². The van der Waals surface area contributed by atoms with Gasteiger partial charge in [-0.05, 0) is 61.4 Å². The highest BCUT2D eigenvalue weighted by atomic mass is 32.1. The Labute approximate surface area is 154 Å². The number of hydrogen-bond donors (Lipinski definition) is 1. The Balaban J connectivity index is 1.63. The first kappa shape index (κ1) is 15.7. The van der Waals surface area contributed by atoms with Gasteiger partial charge in [0.05, 0.1) is 17.1 Å². The van der Waals surface area contributed by atoms with Gasteiger partial charge in [-0.3, -0.25) is 0 Å². The van der Waals surface area contributed by atoms with Crippen LogP contribution in [0.2, 0.25) is 0 Å². The van der Waals surface area contributed by atoms with Crippen molar-refractivity contribution in [2.45, 2.75) is 58.7 Å². The van der Waals surface area contributed by atoms with Crippen molar-refractivity contribution in [3.8, 4) is 0 Å². The third-order valence-electron chi connectivity index (χ3n) is 6.35. The number of quaternary nitrogens is 1. The van der Waals surface area contributed by atoms with E-state index in [1.165, 1.54) is 67.3 Å². The van der Waals surface area contributed by atoms with Crippen LogP contribution in [-0.2, 0) is 19.5 Å². The van der Waals surface area contributed by atoms with E-state index in [1.807, 2.05) is 11.3 Å². The highest BCUT2D eigenvalue weighted by Gasteiger charge is 2.36. The molecule has 1 aliphatic carbocycles. The summed E-state index contributed by atoms with van der Waals surface area (Å²) >= 11 is 1.95. The maximum Gasteiger partial charge on any atom is 0.129 e. The number of aromatic nitrogens is 1. The molecule has 0 spiro atoms. The Morgan fingerprint density at radius 2 is 2.12 bits per heavy atom. The molecule has 3 heteroatoms. The normalized spacial score (nSPS) is 22.8. The van der Waals surface area contributed by atoms with Gasteiger partial charge >= 0.3 is 0 Å². The second-order valence-electron chi connectivity index (χ2n) is 7.95. The average molecular weight is 352 g/mol. The summed E-state index contributed by atoms with van der Waals surface area (Å²) < 4.78 is 2.68. The van der Waals surface area contributed by atoms with Gasteiger partial charge in [0, 0.05) is 30.3 Å². The minimum atomic E-state index is 0.681. The Bertz CT molecular complexity index is 929. The van der Waals surface area contributed by atoms with Crippen LogP contribution in [-0.4, -0.2) is 11.1 Å². The number of nitrogens with one attached hydrogen (secondary N) is 1.